The fraction of sp³-hybridized carbons (Fsp3) is 0.333. The van der Waals surface area contributed by atoms with Gasteiger partial charge in [0.25, 0.3) is 0 Å². The van der Waals surface area contributed by atoms with Gasteiger partial charge in [0.05, 0.1) is 0 Å². The third kappa shape index (κ3) is 4.57. The molecule has 5 heteroatoms. The fourth-order valence-electron chi connectivity index (χ4n) is 2.06. The molecule has 0 aliphatic heterocycles. The summed E-state index contributed by atoms with van der Waals surface area (Å²) in [7, 11) is 0. The number of benzene rings is 1. The molecule has 0 fully saturated rings. The number of thiophene rings is 1. The molecule has 1 nitrogen and oxygen atoms in total. The first-order valence-electron chi connectivity index (χ1n) is 6.51. The van der Waals surface area contributed by atoms with Crippen LogP contribution in [-0.4, -0.2) is 6.54 Å². The van der Waals surface area contributed by atoms with Crippen LogP contribution in [0.15, 0.2) is 38.6 Å². The van der Waals surface area contributed by atoms with Crippen LogP contribution in [0.1, 0.15) is 29.8 Å². The molecule has 0 saturated carbocycles. The summed E-state index contributed by atoms with van der Waals surface area (Å²) in [6, 6.07) is 8.50. The van der Waals surface area contributed by atoms with Crippen LogP contribution in [0.25, 0.3) is 0 Å². The Bertz CT molecular complexity index is 571. The van der Waals surface area contributed by atoms with Crippen molar-refractivity contribution in [2.45, 2.75) is 25.8 Å². The van der Waals surface area contributed by atoms with Gasteiger partial charge in [-0.2, -0.15) is 0 Å². The van der Waals surface area contributed by atoms with E-state index in [4.69, 9.17) is 11.6 Å². The van der Waals surface area contributed by atoms with E-state index in [9.17, 15) is 0 Å². The van der Waals surface area contributed by atoms with Crippen LogP contribution in [0.3, 0.4) is 0 Å². The molecule has 1 atom stereocenters. The predicted octanol–water partition coefficient (Wildman–Crippen LogP) is 6.21. The van der Waals surface area contributed by atoms with Crippen molar-refractivity contribution in [3.8, 4) is 0 Å². The minimum Gasteiger partial charge on any atom is -0.310 e. The molecule has 1 aromatic carbocycles. The summed E-state index contributed by atoms with van der Waals surface area (Å²) in [6.07, 6.45) is 2.10. The van der Waals surface area contributed by atoms with Crippen LogP contribution in [0.2, 0.25) is 5.02 Å². The third-order valence-corrected chi connectivity index (χ3v) is 5.65. The quantitative estimate of drug-likeness (QED) is 0.566. The average molecular weight is 438 g/mol. The van der Waals surface area contributed by atoms with Crippen molar-refractivity contribution in [2.24, 2.45) is 0 Å². The zero-order chi connectivity index (χ0) is 14.5. The third-order valence-electron chi connectivity index (χ3n) is 3.01. The molecule has 108 valence electrons. The van der Waals surface area contributed by atoms with Crippen molar-refractivity contribution in [1.29, 1.82) is 0 Å². The van der Waals surface area contributed by atoms with Gasteiger partial charge in [0.1, 0.15) is 0 Å². The monoisotopic (exact) mass is 435 g/mol. The molecule has 0 amide bonds. The maximum atomic E-state index is 6.03. The number of halogens is 3. The second-order valence-corrected chi connectivity index (χ2v) is 7.81. The van der Waals surface area contributed by atoms with E-state index in [1.807, 2.05) is 12.1 Å². The van der Waals surface area contributed by atoms with E-state index < -0.39 is 0 Å². The number of nitrogens with one attached hydrogen (secondary N) is 1. The van der Waals surface area contributed by atoms with Gasteiger partial charge in [-0.15, -0.1) is 11.3 Å². The standard InChI is InChI=1S/C15H16Br2ClNS/c1-2-5-19-15(8-12-6-10(16)9-20-12)13-4-3-11(18)7-14(13)17/h3-4,6-7,9,15,19H,2,5,8H2,1H3. The molecule has 2 rings (SSSR count). The van der Waals surface area contributed by atoms with Gasteiger partial charge in [0, 0.05) is 36.7 Å². The number of hydrogen-bond donors (Lipinski definition) is 1. The summed E-state index contributed by atoms with van der Waals surface area (Å²) in [5.74, 6) is 0. The average Bonchev–Trinajstić information content (AvgIpc) is 2.80. The molecule has 2 aromatic rings. The summed E-state index contributed by atoms with van der Waals surface area (Å²) in [4.78, 5) is 1.37. The van der Waals surface area contributed by atoms with Crippen molar-refractivity contribution in [2.75, 3.05) is 6.54 Å². The summed E-state index contributed by atoms with van der Waals surface area (Å²) in [5, 5.41) is 6.51. The molecule has 1 heterocycles. The molecule has 0 saturated heterocycles. The lowest BCUT2D eigenvalue weighted by Gasteiger charge is -2.20. The highest BCUT2D eigenvalue weighted by molar-refractivity contribution is 9.10. The highest BCUT2D eigenvalue weighted by Crippen LogP contribution is 2.31. The first-order chi connectivity index (χ1) is 9.60. The molecule has 0 bridgehead atoms. The smallest absolute Gasteiger partial charge is 0.0417 e. The van der Waals surface area contributed by atoms with Gasteiger partial charge >= 0.3 is 0 Å². The van der Waals surface area contributed by atoms with Gasteiger partial charge in [0.15, 0.2) is 0 Å². The van der Waals surface area contributed by atoms with Crippen molar-refractivity contribution in [3.05, 3.63) is 54.1 Å². The van der Waals surface area contributed by atoms with Gasteiger partial charge in [0.2, 0.25) is 0 Å². The topological polar surface area (TPSA) is 12.0 Å². The van der Waals surface area contributed by atoms with E-state index in [0.717, 1.165) is 33.4 Å². The molecule has 1 unspecified atom stereocenters. The molecular formula is C15H16Br2ClNS. The van der Waals surface area contributed by atoms with Crippen LogP contribution in [0.4, 0.5) is 0 Å². The first kappa shape index (κ1) is 16.5. The Morgan fingerprint density at radius 1 is 1.30 bits per heavy atom. The normalized spacial score (nSPS) is 12.6. The largest absolute Gasteiger partial charge is 0.310 e. The van der Waals surface area contributed by atoms with Crippen LogP contribution < -0.4 is 5.32 Å². The summed E-state index contributed by atoms with van der Waals surface area (Å²) < 4.78 is 2.22. The highest BCUT2D eigenvalue weighted by Gasteiger charge is 2.15. The molecule has 0 radical (unpaired) electrons. The second-order valence-electron chi connectivity index (χ2n) is 4.61. The molecule has 0 aliphatic rings. The van der Waals surface area contributed by atoms with Crippen molar-refractivity contribution in [1.82, 2.24) is 5.32 Å². The molecule has 1 aromatic heterocycles. The Labute approximate surface area is 146 Å². The Morgan fingerprint density at radius 2 is 2.10 bits per heavy atom. The maximum Gasteiger partial charge on any atom is 0.0417 e. The molecular weight excluding hydrogens is 422 g/mol. The molecule has 20 heavy (non-hydrogen) atoms. The van der Waals surface area contributed by atoms with E-state index in [1.165, 1.54) is 10.4 Å². The Balaban J connectivity index is 2.22. The lowest BCUT2D eigenvalue weighted by atomic mass is 10.0. The van der Waals surface area contributed by atoms with Gasteiger partial charge in [-0.25, -0.2) is 0 Å². The van der Waals surface area contributed by atoms with E-state index in [2.05, 4.69) is 61.6 Å². The summed E-state index contributed by atoms with van der Waals surface area (Å²) in [6.45, 7) is 3.19. The first-order valence-corrected chi connectivity index (χ1v) is 9.35. The Kier molecular flexibility index (Phi) is 6.56. The minimum absolute atomic E-state index is 0.298. The Morgan fingerprint density at radius 3 is 2.70 bits per heavy atom. The number of rotatable bonds is 6. The van der Waals surface area contributed by atoms with E-state index >= 15 is 0 Å². The van der Waals surface area contributed by atoms with Gasteiger partial charge < -0.3 is 5.32 Å². The number of hydrogen-bond acceptors (Lipinski definition) is 2. The van der Waals surface area contributed by atoms with Crippen molar-refractivity contribution >= 4 is 54.8 Å². The summed E-state index contributed by atoms with van der Waals surface area (Å²) >= 11 is 15.0. The van der Waals surface area contributed by atoms with Crippen molar-refractivity contribution < 1.29 is 0 Å². The van der Waals surface area contributed by atoms with E-state index in [0.29, 0.717) is 6.04 Å². The van der Waals surface area contributed by atoms with Gasteiger partial charge in [-0.1, -0.05) is 40.5 Å². The van der Waals surface area contributed by atoms with Crippen LogP contribution in [-0.2, 0) is 6.42 Å². The molecule has 0 spiro atoms. The highest BCUT2D eigenvalue weighted by atomic mass is 79.9. The molecule has 1 N–H and O–H groups in total. The Hall–Kier alpha value is 0.130. The van der Waals surface area contributed by atoms with Crippen LogP contribution >= 0.6 is 54.8 Å². The van der Waals surface area contributed by atoms with E-state index in [-0.39, 0.29) is 0 Å². The van der Waals surface area contributed by atoms with Crippen molar-refractivity contribution in [3.63, 3.8) is 0 Å². The molecule has 0 aliphatic carbocycles. The lowest BCUT2D eigenvalue weighted by Crippen LogP contribution is -2.24. The zero-order valence-electron chi connectivity index (χ0n) is 11.1. The zero-order valence-corrected chi connectivity index (χ0v) is 15.9. The van der Waals surface area contributed by atoms with Crippen LogP contribution in [0.5, 0.6) is 0 Å². The van der Waals surface area contributed by atoms with E-state index in [1.54, 1.807) is 11.3 Å². The SMILES string of the molecule is CCCNC(Cc1cc(Br)cs1)c1ccc(Cl)cc1Br. The maximum absolute atomic E-state index is 6.03. The minimum atomic E-state index is 0.298. The summed E-state index contributed by atoms with van der Waals surface area (Å²) in [5.41, 5.74) is 1.26. The fourth-order valence-corrected chi connectivity index (χ4v) is 4.51. The predicted molar refractivity (Wildman–Crippen MR) is 95.9 cm³/mol. The van der Waals surface area contributed by atoms with Crippen LogP contribution in [0, 0.1) is 0 Å². The second kappa shape index (κ2) is 7.95. The van der Waals surface area contributed by atoms with Gasteiger partial charge in [-0.3, -0.25) is 0 Å². The van der Waals surface area contributed by atoms with Gasteiger partial charge in [-0.05, 0) is 52.7 Å². The lowest BCUT2D eigenvalue weighted by molar-refractivity contribution is 0.530.